The van der Waals surface area contributed by atoms with Gasteiger partial charge < -0.3 is 59.3 Å². The number of aromatic hydroxyl groups is 1. The fraction of sp³-hybridized carbons (Fsp3) is 0.604. The number of thiol groups is 1. The van der Waals surface area contributed by atoms with Crippen molar-refractivity contribution in [3.05, 3.63) is 64.8 Å². The molecule has 0 aliphatic heterocycles. The zero-order valence-corrected chi connectivity index (χ0v) is 41.6. The summed E-state index contributed by atoms with van der Waals surface area (Å²) in [5, 5.41) is 36.0. The molecular formula is C48H80N10O8S. The molecule has 18 nitrogen and oxygen atoms in total. The SMILES string of the molecule is CC(C)=CCCC(C)=CCCC(C)=CCN[C@@H](CC(C)C)C(=O)N[C@@H](C)C(=O)N[C@@H](CCCN=C(N)N)C(=O)N[C@@H](Cc1ccc(O)cc1)C(=O)N[C@@H](CCCCN)C(=O)N[C@@H](CS)C(=O)O. The van der Waals surface area contributed by atoms with Crippen molar-refractivity contribution in [3.63, 3.8) is 0 Å². The average Bonchev–Trinajstić information content (AvgIpc) is 3.25. The highest BCUT2D eigenvalue weighted by atomic mass is 32.1. The number of carboxylic acid groups (broad SMARTS) is 1. The highest BCUT2D eigenvalue weighted by Crippen LogP contribution is 2.14. The molecule has 0 saturated carbocycles. The third-order valence-electron chi connectivity index (χ3n) is 10.7. The van der Waals surface area contributed by atoms with E-state index in [1.165, 1.54) is 35.8 Å². The molecule has 0 spiro atoms. The molecule has 0 bridgehead atoms. The number of hydrogen-bond donors (Lipinski definition) is 12. The minimum absolute atomic E-state index is 0.0268. The number of guanidine groups is 1. The van der Waals surface area contributed by atoms with Gasteiger partial charge in [0.05, 0.1) is 6.04 Å². The first kappa shape index (κ1) is 59.6. The van der Waals surface area contributed by atoms with Crippen LogP contribution in [0.25, 0.3) is 0 Å². The number of hydrogen-bond acceptors (Lipinski definition) is 11. The molecule has 67 heavy (non-hydrogen) atoms. The maximum Gasteiger partial charge on any atom is 0.327 e. The molecule has 1 rings (SSSR count). The Morgan fingerprint density at radius 1 is 0.687 bits per heavy atom. The fourth-order valence-corrected chi connectivity index (χ4v) is 7.01. The van der Waals surface area contributed by atoms with E-state index in [1.807, 2.05) is 13.8 Å². The van der Waals surface area contributed by atoms with E-state index >= 15 is 0 Å². The molecule has 0 saturated heterocycles. The molecule has 5 amide bonds. The largest absolute Gasteiger partial charge is 0.508 e. The summed E-state index contributed by atoms with van der Waals surface area (Å²) in [6.07, 6.45) is 12.2. The van der Waals surface area contributed by atoms with Crippen LogP contribution in [-0.4, -0.2) is 113 Å². The normalized spacial score (nSPS) is 14.4. The number of carboxylic acids is 1. The van der Waals surface area contributed by atoms with Gasteiger partial charge in [0.25, 0.3) is 0 Å². The van der Waals surface area contributed by atoms with Gasteiger partial charge in [-0.15, -0.1) is 0 Å². The number of benzene rings is 1. The quantitative estimate of drug-likeness (QED) is 0.0159. The second-order valence-corrected chi connectivity index (χ2v) is 18.0. The minimum Gasteiger partial charge on any atom is -0.508 e. The van der Waals surface area contributed by atoms with Crippen LogP contribution >= 0.6 is 12.6 Å². The Labute approximate surface area is 403 Å². The lowest BCUT2D eigenvalue weighted by atomic mass is 10.0. The van der Waals surface area contributed by atoms with Gasteiger partial charge in [0, 0.05) is 25.3 Å². The number of aliphatic imine (C=N–C) groups is 1. The van der Waals surface area contributed by atoms with Crippen LogP contribution in [0.15, 0.2) is 64.2 Å². The van der Waals surface area contributed by atoms with Gasteiger partial charge in [-0.25, -0.2) is 4.79 Å². The third kappa shape index (κ3) is 26.5. The molecule has 0 aliphatic rings. The molecule has 376 valence electrons. The topological polar surface area (TPSA) is 305 Å². The maximum atomic E-state index is 14.2. The third-order valence-corrected chi connectivity index (χ3v) is 11.0. The van der Waals surface area contributed by atoms with E-state index in [0.717, 1.165) is 25.7 Å². The maximum absolute atomic E-state index is 14.2. The Bertz CT molecular complexity index is 1850. The van der Waals surface area contributed by atoms with Gasteiger partial charge >= 0.3 is 5.97 Å². The van der Waals surface area contributed by atoms with Gasteiger partial charge in [0.2, 0.25) is 29.5 Å². The van der Waals surface area contributed by atoms with Crippen molar-refractivity contribution >= 4 is 54.1 Å². The highest BCUT2D eigenvalue weighted by molar-refractivity contribution is 7.80. The first-order chi connectivity index (χ1) is 31.7. The van der Waals surface area contributed by atoms with Crippen LogP contribution in [-0.2, 0) is 35.2 Å². The van der Waals surface area contributed by atoms with Crippen LogP contribution in [0.5, 0.6) is 5.75 Å². The van der Waals surface area contributed by atoms with Gasteiger partial charge in [-0.2, -0.15) is 12.6 Å². The second-order valence-electron chi connectivity index (χ2n) is 17.6. The van der Waals surface area contributed by atoms with Crippen molar-refractivity contribution in [1.29, 1.82) is 0 Å². The number of allylic oxidation sites excluding steroid dienone is 5. The number of carbonyl (C=O) groups excluding carboxylic acids is 5. The van der Waals surface area contributed by atoms with Crippen molar-refractivity contribution in [2.45, 2.75) is 155 Å². The Kier molecular flexibility index (Phi) is 29.5. The minimum atomic E-state index is -1.33. The van der Waals surface area contributed by atoms with Gasteiger partial charge in [-0.1, -0.05) is 60.9 Å². The first-order valence-corrected chi connectivity index (χ1v) is 23.9. The van der Waals surface area contributed by atoms with Gasteiger partial charge in [0.1, 0.15) is 36.0 Å². The molecule has 0 aromatic heterocycles. The number of aliphatic carboxylic acids is 1. The van der Waals surface area contributed by atoms with Crippen molar-refractivity contribution in [2.75, 3.05) is 25.4 Å². The second kappa shape index (κ2) is 33.1. The molecule has 6 atom stereocenters. The highest BCUT2D eigenvalue weighted by Gasteiger charge is 2.32. The lowest BCUT2D eigenvalue weighted by molar-refractivity contribution is -0.141. The summed E-state index contributed by atoms with van der Waals surface area (Å²) in [5.74, 6) is -4.88. The average molecular weight is 957 g/mol. The Balaban J connectivity index is 3.29. The van der Waals surface area contributed by atoms with E-state index in [2.05, 4.69) is 95.4 Å². The standard InChI is InChI=1S/C48H80N10O8S/c1-30(2)13-10-14-32(5)15-11-16-33(6)23-26-52-39(27-31(3)4)45(63)54-34(7)42(60)55-38(18-12-25-53-48(50)51)43(61)57-40(28-35-19-21-36(59)22-20-35)46(64)56-37(17-8-9-24-49)44(62)58-41(29-67)47(65)66/h13,15,19-23,31,34,37-41,52,59,67H,8-12,14,16-18,24-29,49H2,1-7H3,(H,54,63)(H,55,60)(H,56,64)(H,57,61)(H,58,62)(H,65,66)(H4,50,51,53)/t34-,37-,38-,39-,40-,41-/m0/s1. The van der Waals surface area contributed by atoms with Crippen molar-refractivity contribution in [2.24, 2.45) is 28.1 Å². The van der Waals surface area contributed by atoms with Crippen LogP contribution < -0.4 is 49.1 Å². The van der Waals surface area contributed by atoms with Crippen LogP contribution in [0.2, 0.25) is 0 Å². The van der Waals surface area contributed by atoms with Gasteiger partial charge in [-0.05, 0) is 129 Å². The summed E-state index contributed by atoms with van der Waals surface area (Å²) >= 11 is 4.02. The van der Waals surface area contributed by atoms with E-state index in [1.54, 1.807) is 12.1 Å². The molecule has 1 aromatic rings. The zero-order valence-electron chi connectivity index (χ0n) is 40.7. The van der Waals surface area contributed by atoms with E-state index < -0.39 is 65.8 Å². The van der Waals surface area contributed by atoms with Crippen LogP contribution in [0.3, 0.4) is 0 Å². The summed E-state index contributed by atoms with van der Waals surface area (Å²) in [7, 11) is 0. The number of nitrogens with zero attached hydrogens (tertiary/aromatic N) is 1. The molecule has 0 unspecified atom stereocenters. The number of phenols is 1. The summed E-state index contributed by atoms with van der Waals surface area (Å²) < 4.78 is 0. The first-order valence-electron chi connectivity index (χ1n) is 23.2. The van der Waals surface area contributed by atoms with Crippen LogP contribution in [0, 0.1) is 5.92 Å². The number of amides is 5. The van der Waals surface area contributed by atoms with Crippen LogP contribution in [0.1, 0.15) is 118 Å². The molecular weight excluding hydrogens is 877 g/mol. The Morgan fingerprint density at radius 3 is 1.76 bits per heavy atom. The molecule has 0 radical (unpaired) electrons. The summed E-state index contributed by atoms with van der Waals surface area (Å²) in [6.45, 7) is 14.8. The molecule has 14 N–H and O–H groups in total. The molecule has 0 fully saturated rings. The summed E-state index contributed by atoms with van der Waals surface area (Å²) in [6, 6.07) is -0.826. The summed E-state index contributed by atoms with van der Waals surface area (Å²) in [5.41, 5.74) is 21.1. The number of nitrogens with one attached hydrogen (secondary N) is 6. The molecule has 19 heteroatoms. The van der Waals surface area contributed by atoms with Crippen molar-refractivity contribution in [3.8, 4) is 5.75 Å². The van der Waals surface area contributed by atoms with Crippen LogP contribution in [0.4, 0.5) is 0 Å². The Hall–Kier alpha value is -5.40. The predicted octanol–water partition coefficient (Wildman–Crippen LogP) is 3.00. The van der Waals surface area contributed by atoms with E-state index in [0.29, 0.717) is 37.9 Å². The van der Waals surface area contributed by atoms with Crippen molar-refractivity contribution < 1.29 is 39.0 Å². The molecule has 0 heterocycles. The molecule has 1 aromatic carbocycles. The van der Waals surface area contributed by atoms with E-state index in [9.17, 15) is 39.0 Å². The lowest BCUT2D eigenvalue weighted by Gasteiger charge is -2.27. The smallest absolute Gasteiger partial charge is 0.327 e. The fourth-order valence-electron chi connectivity index (χ4n) is 6.76. The number of nitrogens with two attached hydrogens (primary N) is 3. The number of unbranched alkanes of at least 4 members (excludes halogenated alkanes) is 1. The molecule has 0 aliphatic carbocycles. The number of phenolic OH excluding ortho intramolecular Hbond substituents is 1. The van der Waals surface area contributed by atoms with Gasteiger partial charge in [0.15, 0.2) is 5.96 Å². The lowest BCUT2D eigenvalue weighted by Crippen LogP contribution is -2.59. The summed E-state index contributed by atoms with van der Waals surface area (Å²) in [4.78, 5) is 84.6. The van der Waals surface area contributed by atoms with E-state index in [4.69, 9.17) is 17.2 Å². The Morgan fingerprint density at radius 2 is 1.21 bits per heavy atom. The zero-order chi connectivity index (χ0) is 50.5. The number of rotatable bonds is 33. The van der Waals surface area contributed by atoms with Gasteiger partial charge in [-0.3, -0.25) is 29.0 Å². The monoisotopic (exact) mass is 957 g/mol. The number of carbonyl (C=O) groups is 6. The van der Waals surface area contributed by atoms with E-state index in [-0.39, 0.29) is 61.5 Å². The van der Waals surface area contributed by atoms with Crippen molar-refractivity contribution in [1.82, 2.24) is 31.9 Å². The predicted molar refractivity (Wildman–Crippen MR) is 268 cm³/mol.